The minimum atomic E-state index is 0.240. The Balaban J connectivity index is 0.000000440. The van der Waals surface area contributed by atoms with Crippen molar-refractivity contribution in [2.45, 2.75) is 19.3 Å². The zero-order valence-electron chi connectivity index (χ0n) is 13.1. The molecule has 1 aliphatic carbocycles. The molecule has 0 spiro atoms. The van der Waals surface area contributed by atoms with Gasteiger partial charge in [-0.2, -0.15) is 0 Å². The van der Waals surface area contributed by atoms with Gasteiger partial charge in [0.1, 0.15) is 17.0 Å². The molecule has 0 radical (unpaired) electrons. The summed E-state index contributed by atoms with van der Waals surface area (Å²) in [7, 11) is 0. The van der Waals surface area contributed by atoms with Crippen LogP contribution in [0.5, 0.6) is 0 Å². The number of carbonyl (C=O) groups is 1. The van der Waals surface area contributed by atoms with Crippen molar-refractivity contribution in [1.29, 1.82) is 0 Å². The van der Waals surface area contributed by atoms with Crippen LogP contribution in [-0.4, -0.2) is 25.6 Å². The van der Waals surface area contributed by atoms with Gasteiger partial charge in [-0.15, -0.1) is 0 Å². The number of hydrogen-bond acceptors (Lipinski definition) is 4. The largest absolute Gasteiger partial charge is 0.382 e. The standard InChI is InChI=1S/C15H11N5O.C3H6/c16-14-12(8-21)20-7-9(1-2-13(20)19-14)10-3-5-17-15-11(10)4-6-18-15;1-2-3-1/h1-8H,16H2,(H,17,18);1-3H2. The van der Waals surface area contributed by atoms with E-state index in [1.807, 2.05) is 36.7 Å². The molecule has 3 N–H and O–H groups in total. The first kappa shape index (κ1) is 14.4. The lowest BCUT2D eigenvalue weighted by Crippen LogP contribution is -1.95. The van der Waals surface area contributed by atoms with Crippen LogP contribution in [0.2, 0.25) is 0 Å². The van der Waals surface area contributed by atoms with E-state index >= 15 is 0 Å². The van der Waals surface area contributed by atoms with Crippen LogP contribution in [-0.2, 0) is 0 Å². The Labute approximate surface area is 138 Å². The number of pyridine rings is 2. The summed E-state index contributed by atoms with van der Waals surface area (Å²) in [5.74, 6) is 0.240. The average molecular weight is 319 g/mol. The number of hydrogen-bond donors (Lipinski definition) is 2. The number of fused-ring (bicyclic) bond motifs is 2. The van der Waals surface area contributed by atoms with E-state index < -0.39 is 0 Å². The molecule has 1 fully saturated rings. The lowest BCUT2D eigenvalue weighted by molar-refractivity contribution is 0.111. The van der Waals surface area contributed by atoms with Crippen molar-refractivity contribution >= 4 is 28.8 Å². The van der Waals surface area contributed by atoms with E-state index in [1.165, 1.54) is 19.3 Å². The molecule has 5 rings (SSSR count). The van der Waals surface area contributed by atoms with Crippen LogP contribution in [0.4, 0.5) is 5.82 Å². The smallest absolute Gasteiger partial charge is 0.170 e. The van der Waals surface area contributed by atoms with Crippen LogP contribution in [0.25, 0.3) is 27.8 Å². The minimum absolute atomic E-state index is 0.240. The van der Waals surface area contributed by atoms with Gasteiger partial charge in [0.2, 0.25) is 0 Å². The van der Waals surface area contributed by atoms with Crippen molar-refractivity contribution < 1.29 is 4.79 Å². The third kappa shape index (κ3) is 2.52. The number of anilines is 1. The van der Waals surface area contributed by atoms with Gasteiger partial charge in [-0.3, -0.25) is 9.20 Å². The van der Waals surface area contributed by atoms with E-state index in [2.05, 4.69) is 15.0 Å². The number of carbonyl (C=O) groups excluding carboxylic acids is 1. The number of H-pyrrole nitrogens is 1. The van der Waals surface area contributed by atoms with Crippen LogP contribution in [0.1, 0.15) is 29.8 Å². The van der Waals surface area contributed by atoms with Crippen LogP contribution in [0.15, 0.2) is 42.9 Å². The highest BCUT2D eigenvalue weighted by molar-refractivity contribution is 5.93. The number of nitrogens with two attached hydrogens (primary N) is 1. The molecule has 24 heavy (non-hydrogen) atoms. The number of imidazole rings is 1. The van der Waals surface area contributed by atoms with Gasteiger partial charge in [0.05, 0.1) is 0 Å². The summed E-state index contributed by atoms with van der Waals surface area (Å²) >= 11 is 0. The lowest BCUT2D eigenvalue weighted by atomic mass is 10.1. The van der Waals surface area contributed by atoms with Crippen LogP contribution in [0, 0.1) is 0 Å². The predicted molar refractivity (Wildman–Crippen MR) is 93.9 cm³/mol. The van der Waals surface area contributed by atoms with Gasteiger partial charge >= 0.3 is 0 Å². The monoisotopic (exact) mass is 319 g/mol. The molecule has 0 bridgehead atoms. The summed E-state index contributed by atoms with van der Waals surface area (Å²) in [6.07, 6.45) is 10.7. The first-order chi connectivity index (χ1) is 11.8. The molecule has 120 valence electrons. The number of nitrogens with zero attached hydrogens (tertiary/aromatic N) is 3. The molecule has 0 aromatic carbocycles. The summed E-state index contributed by atoms with van der Waals surface area (Å²) in [6.45, 7) is 0. The maximum Gasteiger partial charge on any atom is 0.170 e. The quantitative estimate of drug-likeness (QED) is 0.554. The molecule has 4 aromatic rings. The van der Waals surface area contributed by atoms with E-state index in [0.717, 1.165) is 28.4 Å². The minimum Gasteiger partial charge on any atom is -0.382 e. The predicted octanol–water partition coefficient (Wildman–Crippen LogP) is 3.44. The first-order valence-electron chi connectivity index (χ1n) is 7.93. The molecule has 1 saturated carbocycles. The number of aromatic amines is 1. The molecule has 0 atom stereocenters. The topological polar surface area (TPSA) is 89.1 Å². The Morgan fingerprint density at radius 3 is 2.75 bits per heavy atom. The summed E-state index contributed by atoms with van der Waals surface area (Å²) in [6, 6.07) is 7.72. The van der Waals surface area contributed by atoms with E-state index in [4.69, 9.17) is 5.73 Å². The summed E-state index contributed by atoms with van der Waals surface area (Å²) in [4.78, 5) is 22.7. The molecule has 0 amide bonds. The summed E-state index contributed by atoms with van der Waals surface area (Å²) < 4.78 is 1.70. The van der Waals surface area contributed by atoms with Gasteiger partial charge in [-0.25, -0.2) is 9.97 Å². The first-order valence-corrected chi connectivity index (χ1v) is 7.93. The third-order valence-corrected chi connectivity index (χ3v) is 3.92. The van der Waals surface area contributed by atoms with Crippen molar-refractivity contribution in [3.8, 4) is 11.1 Å². The van der Waals surface area contributed by atoms with Gasteiger partial charge in [0, 0.05) is 24.0 Å². The van der Waals surface area contributed by atoms with Crippen molar-refractivity contribution in [3.63, 3.8) is 0 Å². The molecular weight excluding hydrogens is 302 g/mol. The molecule has 0 unspecified atom stereocenters. The SMILES string of the molecule is C1CC1.Nc1nc2ccc(-c3ccnc4[nH]ccc34)cn2c1C=O. The molecule has 0 saturated heterocycles. The van der Waals surface area contributed by atoms with E-state index in [9.17, 15) is 4.79 Å². The van der Waals surface area contributed by atoms with Gasteiger partial charge < -0.3 is 10.7 Å². The highest BCUT2D eigenvalue weighted by Crippen LogP contribution is 2.28. The van der Waals surface area contributed by atoms with Crippen molar-refractivity contribution in [2.75, 3.05) is 5.73 Å². The second-order valence-electron chi connectivity index (χ2n) is 5.81. The number of nitrogen functional groups attached to an aromatic ring is 1. The average Bonchev–Trinajstić information content (AvgIpc) is 3.34. The second-order valence-corrected chi connectivity index (χ2v) is 5.81. The zero-order chi connectivity index (χ0) is 16.5. The summed E-state index contributed by atoms with van der Waals surface area (Å²) in [5, 5.41) is 1.03. The fraction of sp³-hybridized carbons (Fsp3) is 0.167. The van der Waals surface area contributed by atoms with E-state index in [-0.39, 0.29) is 5.82 Å². The molecule has 4 aromatic heterocycles. The van der Waals surface area contributed by atoms with Gasteiger partial charge in [-0.05, 0) is 35.4 Å². The molecule has 1 aliphatic rings. The fourth-order valence-corrected chi connectivity index (χ4v) is 2.57. The number of aromatic nitrogens is 4. The fourth-order valence-electron chi connectivity index (χ4n) is 2.57. The number of aldehydes is 1. The summed E-state index contributed by atoms with van der Waals surface area (Å²) in [5.41, 5.74) is 9.60. The number of rotatable bonds is 2. The van der Waals surface area contributed by atoms with E-state index in [1.54, 1.807) is 10.6 Å². The van der Waals surface area contributed by atoms with Crippen molar-refractivity contribution in [2.24, 2.45) is 0 Å². The van der Waals surface area contributed by atoms with Gasteiger partial charge in [0.15, 0.2) is 12.1 Å². The Bertz CT molecular complexity index is 1030. The Hall–Kier alpha value is -3.15. The number of nitrogens with one attached hydrogen (secondary N) is 1. The van der Waals surface area contributed by atoms with Crippen molar-refractivity contribution in [3.05, 3.63) is 48.5 Å². The van der Waals surface area contributed by atoms with Crippen LogP contribution in [0.3, 0.4) is 0 Å². The zero-order valence-corrected chi connectivity index (χ0v) is 13.1. The van der Waals surface area contributed by atoms with Gasteiger partial charge in [0.25, 0.3) is 0 Å². The molecule has 4 heterocycles. The highest BCUT2D eigenvalue weighted by Gasteiger charge is 2.11. The van der Waals surface area contributed by atoms with Gasteiger partial charge in [-0.1, -0.05) is 19.3 Å². The molecule has 6 heteroatoms. The maximum atomic E-state index is 11.2. The Kier molecular flexibility index (Phi) is 3.49. The highest BCUT2D eigenvalue weighted by atomic mass is 16.1. The van der Waals surface area contributed by atoms with Crippen LogP contribution >= 0.6 is 0 Å². The van der Waals surface area contributed by atoms with Crippen LogP contribution < -0.4 is 5.73 Å². The van der Waals surface area contributed by atoms with Crippen molar-refractivity contribution in [1.82, 2.24) is 19.4 Å². The Morgan fingerprint density at radius 2 is 2.00 bits per heavy atom. The third-order valence-electron chi connectivity index (χ3n) is 3.92. The Morgan fingerprint density at radius 1 is 1.17 bits per heavy atom. The normalized spacial score (nSPS) is 12.8. The van der Waals surface area contributed by atoms with E-state index in [0.29, 0.717) is 11.3 Å². The lowest BCUT2D eigenvalue weighted by Gasteiger charge is -2.05. The second kappa shape index (κ2) is 5.81. The molecule has 6 nitrogen and oxygen atoms in total. The molecule has 0 aliphatic heterocycles. The molecular formula is C18H17N5O. The maximum absolute atomic E-state index is 11.2.